The summed E-state index contributed by atoms with van der Waals surface area (Å²) < 4.78 is 12.5. The first kappa shape index (κ1) is 17.3. The van der Waals surface area contributed by atoms with Gasteiger partial charge in [0.05, 0.1) is 22.8 Å². The molecule has 0 spiro atoms. The summed E-state index contributed by atoms with van der Waals surface area (Å²) in [6.07, 6.45) is 0. The molecular weight excluding hydrogens is 321 g/mol. The van der Waals surface area contributed by atoms with E-state index in [9.17, 15) is 5.26 Å². The summed E-state index contributed by atoms with van der Waals surface area (Å²) in [6, 6.07) is 14.7. The van der Waals surface area contributed by atoms with Crippen LogP contribution in [0.2, 0.25) is 0 Å². The van der Waals surface area contributed by atoms with Crippen molar-refractivity contribution in [1.82, 2.24) is 0 Å². The molecule has 0 saturated carbocycles. The van der Waals surface area contributed by atoms with Crippen molar-refractivity contribution in [2.45, 2.75) is 58.2 Å². The molecule has 1 saturated heterocycles. The molecule has 1 heterocycles. The van der Waals surface area contributed by atoms with E-state index in [0.717, 1.165) is 22.2 Å². The Bertz CT molecular complexity index is 937. The number of hydrogen-bond acceptors (Lipinski definition) is 3. The first-order valence-electron chi connectivity index (χ1n) is 9.12. The van der Waals surface area contributed by atoms with E-state index < -0.39 is 0 Å². The zero-order valence-electron chi connectivity index (χ0n) is 16.3. The fourth-order valence-electron chi connectivity index (χ4n) is 4.02. The van der Waals surface area contributed by atoms with E-state index in [0.29, 0.717) is 0 Å². The van der Waals surface area contributed by atoms with Gasteiger partial charge in [-0.15, -0.1) is 0 Å². The van der Waals surface area contributed by atoms with Crippen LogP contribution in [0.5, 0.6) is 0 Å². The number of fused-ring (bicyclic) bond motifs is 3. The summed E-state index contributed by atoms with van der Waals surface area (Å²) in [4.78, 5) is 0. The molecule has 26 heavy (non-hydrogen) atoms. The zero-order chi connectivity index (χ0) is 18.9. The number of rotatable bonds is 1. The molecule has 0 atom stereocenters. The summed E-state index contributed by atoms with van der Waals surface area (Å²) in [5.74, 6) is 0. The Morgan fingerprint density at radius 2 is 1.54 bits per heavy atom. The van der Waals surface area contributed by atoms with Gasteiger partial charge in [-0.2, -0.15) is 5.26 Å². The average Bonchev–Trinajstić information content (AvgIpc) is 2.94. The molecule has 4 rings (SSSR count). The Morgan fingerprint density at radius 1 is 0.885 bits per heavy atom. The molecular formula is C22H24BNO2. The van der Waals surface area contributed by atoms with Crippen LogP contribution in [0.15, 0.2) is 36.4 Å². The third-order valence-electron chi connectivity index (χ3n) is 6.37. The Kier molecular flexibility index (Phi) is 3.48. The van der Waals surface area contributed by atoms with Gasteiger partial charge in [0.2, 0.25) is 0 Å². The van der Waals surface area contributed by atoms with Gasteiger partial charge in [0.25, 0.3) is 0 Å². The third kappa shape index (κ3) is 2.21. The van der Waals surface area contributed by atoms with E-state index in [1.807, 2.05) is 12.1 Å². The molecule has 132 valence electrons. The molecule has 0 unspecified atom stereocenters. The minimum absolute atomic E-state index is 0.156. The minimum atomic E-state index is -0.375. The number of benzene rings is 2. The minimum Gasteiger partial charge on any atom is -0.399 e. The number of nitrogens with zero attached hydrogens (tertiary/aromatic N) is 1. The molecule has 0 N–H and O–H groups in total. The lowest BCUT2D eigenvalue weighted by Crippen LogP contribution is -2.41. The summed E-state index contributed by atoms with van der Waals surface area (Å²) in [6.45, 7) is 12.7. The van der Waals surface area contributed by atoms with Gasteiger partial charge in [-0.25, -0.2) is 0 Å². The predicted molar refractivity (Wildman–Crippen MR) is 104 cm³/mol. The highest BCUT2D eigenvalue weighted by Gasteiger charge is 2.52. The topological polar surface area (TPSA) is 42.2 Å². The van der Waals surface area contributed by atoms with Crippen LogP contribution >= 0.6 is 0 Å². The molecule has 4 heteroatoms. The summed E-state index contributed by atoms with van der Waals surface area (Å²) in [7, 11) is -0.375. The van der Waals surface area contributed by atoms with Gasteiger partial charge in [-0.05, 0) is 55.9 Å². The zero-order valence-corrected chi connectivity index (χ0v) is 16.3. The van der Waals surface area contributed by atoms with Crippen molar-refractivity contribution in [2.75, 3.05) is 0 Å². The SMILES string of the molecule is CC1(C)c2cc(B3OC(C)(C)C(C)(C)O3)ccc2-c2c(C#N)cccc21. The van der Waals surface area contributed by atoms with Crippen molar-refractivity contribution >= 4 is 12.6 Å². The van der Waals surface area contributed by atoms with E-state index in [-0.39, 0.29) is 23.7 Å². The van der Waals surface area contributed by atoms with Gasteiger partial charge in [0.15, 0.2) is 0 Å². The van der Waals surface area contributed by atoms with Gasteiger partial charge in [-0.1, -0.05) is 44.2 Å². The molecule has 1 aliphatic carbocycles. The smallest absolute Gasteiger partial charge is 0.399 e. The van der Waals surface area contributed by atoms with Crippen molar-refractivity contribution < 1.29 is 9.31 Å². The lowest BCUT2D eigenvalue weighted by Gasteiger charge is -2.32. The van der Waals surface area contributed by atoms with Crippen molar-refractivity contribution in [2.24, 2.45) is 0 Å². The second-order valence-corrected chi connectivity index (χ2v) is 8.86. The first-order chi connectivity index (χ1) is 12.1. The second kappa shape index (κ2) is 5.22. The van der Waals surface area contributed by atoms with Gasteiger partial charge < -0.3 is 9.31 Å². The van der Waals surface area contributed by atoms with Crippen LogP contribution < -0.4 is 5.46 Å². The Hall–Kier alpha value is -2.09. The molecule has 2 aromatic carbocycles. The van der Waals surface area contributed by atoms with Crippen molar-refractivity contribution in [3.05, 3.63) is 53.1 Å². The molecule has 1 aliphatic heterocycles. The van der Waals surface area contributed by atoms with Crippen LogP contribution in [-0.4, -0.2) is 18.3 Å². The van der Waals surface area contributed by atoms with Crippen LogP contribution in [-0.2, 0) is 14.7 Å². The van der Waals surface area contributed by atoms with E-state index in [2.05, 4.69) is 71.9 Å². The highest BCUT2D eigenvalue weighted by Crippen LogP contribution is 2.49. The average molecular weight is 345 g/mol. The highest BCUT2D eigenvalue weighted by atomic mass is 16.7. The summed E-state index contributed by atoms with van der Waals surface area (Å²) in [5, 5.41) is 9.55. The van der Waals surface area contributed by atoms with E-state index in [4.69, 9.17) is 9.31 Å². The lowest BCUT2D eigenvalue weighted by atomic mass is 9.74. The largest absolute Gasteiger partial charge is 0.494 e. The lowest BCUT2D eigenvalue weighted by molar-refractivity contribution is 0.00578. The molecule has 0 bridgehead atoms. The standard InChI is InChI=1S/C22H24BNO2/c1-20(2)17-9-7-8-14(13-24)19(17)16-11-10-15(12-18(16)20)23-25-21(3,4)22(5,6)26-23/h7-12H,1-6H3. The van der Waals surface area contributed by atoms with Crippen LogP contribution in [0.3, 0.4) is 0 Å². The van der Waals surface area contributed by atoms with Crippen molar-refractivity contribution in [1.29, 1.82) is 5.26 Å². The maximum atomic E-state index is 9.55. The van der Waals surface area contributed by atoms with Crippen LogP contribution in [0.4, 0.5) is 0 Å². The van der Waals surface area contributed by atoms with E-state index in [1.54, 1.807) is 0 Å². The fourth-order valence-corrected chi connectivity index (χ4v) is 4.02. The van der Waals surface area contributed by atoms with Gasteiger partial charge >= 0.3 is 7.12 Å². The third-order valence-corrected chi connectivity index (χ3v) is 6.37. The van der Waals surface area contributed by atoms with Gasteiger partial charge in [0.1, 0.15) is 0 Å². The van der Waals surface area contributed by atoms with Gasteiger partial charge in [-0.3, -0.25) is 0 Å². The number of hydrogen-bond donors (Lipinski definition) is 0. The van der Waals surface area contributed by atoms with Crippen molar-refractivity contribution in [3.8, 4) is 17.2 Å². The maximum absolute atomic E-state index is 9.55. The first-order valence-corrected chi connectivity index (χ1v) is 9.12. The molecule has 3 nitrogen and oxygen atoms in total. The van der Waals surface area contributed by atoms with Crippen molar-refractivity contribution in [3.63, 3.8) is 0 Å². The highest BCUT2D eigenvalue weighted by molar-refractivity contribution is 6.62. The van der Waals surface area contributed by atoms with E-state index >= 15 is 0 Å². The fraction of sp³-hybridized carbons (Fsp3) is 0.409. The Morgan fingerprint density at radius 3 is 2.15 bits per heavy atom. The monoisotopic (exact) mass is 345 g/mol. The van der Waals surface area contributed by atoms with Gasteiger partial charge in [0, 0.05) is 11.0 Å². The molecule has 2 aliphatic rings. The van der Waals surface area contributed by atoms with E-state index in [1.165, 1.54) is 11.1 Å². The normalized spacial score (nSPS) is 21.2. The molecule has 1 fully saturated rings. The second-order valence-electron chi connectivity index (χ2n) is 8.86. The van der Waals surface area contributed by atoms with Crippen LogP contribution in [0, 0.1) is 11.3 Å². The summed E-state index contributed by atoms with van der Waals surface area (Å²) in [5.41, 5.74) is 5.53. The molecule has 0 amide bonds. The molecule has 0 radical (unpaired) electrons. The molecule has 0 aromatic heterocycles. The summed E-state index contributed by atoms with van der Waals surface area (Å²) >= 11 is 0. The quantitative estimate of drug-likeness (QED) is 0.729. The molecule has 2 aromatic rings. The number of nitriles is 1. The maximum Gasteiger partial charge on any atom is 0.494 e. The van der Waals surface area contributed by atoms with Crippen LogP contribution in [0.25, 0.3) is 11.1 Å². The predicted octanol–water partition coefficient (Wildman–Crippen LogP) is 4.16. The van der Waals surface area contributed by atoms with Crippen LogP contribution in [0.1, 0.15) is 58.2 Å². The Balaban J connectivity index is 1.83. The Labute approximate surface area is 156 Å².